The Bertz CT molecular complexity index is 433. The second-order valence-corrected chi connectivity index (χ2v) is 5.63. The van der Waals surface area contributed by atoms with Crippen molar-refractivity contribution in [2.45, 2.75) is 18.9 Å². The summed E-state index contributed by atoms with van der Waals surface area (Å²) in [7, 11) is 0. The number of carbonyl (C=O) groups is 3. The molecule has 3 heterocycles. The monoisotopic (exact) mass is 280 g/mol. The molecule has 0 aromatic heterocycles. The quantitative estimate of drug-likeness (QED) is 0.591. The molecule has 3 aliphatic heterocycles. The fraction of sp³-hybridized carbons (Fsp3) is 0.769. The Labute approximate surface area is 117 Å². The lowest BCUT2D eigenvalue weighted by Crippen LogP contribution is -2.67. The summed E-state index contributed by atoms with van der Waals surface area (Å²) in [5.74, 6) is -0.00176. The van der Waals surface area contributed by atoms with Crippen LogP contribution in [0.4, 0.5) is 0 Å². The van der Waals surface area contributed by atoms with E-state index in [0.717, 1.165) is 25.9 Å². The van der Waals surface area contributed by atoms with Crippen molar-refractivity contribution in [3.05, 3.63) is 0 Å². The zero-order valence-corrected chi connectivity index (χ0v) is 11.4. The molecule has 0 aromatic carbocycles. The summed E-state index contributed by atoms with van der Waals surface area (Å²) in [6, 6.07) is -0.504. The number of piperidine rings is 1. The van der Waals surface area contributed by atoms with Crippen LogP contribution in [-0.4, -0.2) is 72.8 Å². The van der Waals surface area contributed by atoms with E-state index in [1.165, 1.54) is 0 Å². The van der Waals surface area contributed by atoms with E-state index in [9.17, 15) is 14.4 Å². The number of fused-ring (bicyclic) bond motifs is 1. The molecule has 3 amide bonds. The van der Waals surface area contributed by atoms with Gasteiger partial charge >= 0.3 is 0 Å². The first-order valence-corrected chi connectivity index (χ1v) is 7.23. The molecule has 0 radical (unpaired) electrons. The molecular weight excluding hydrogens is 260 g/mol. The van der Waals surface area contributed by atoms with Gasteiger partial charge in [0.25, 0.3) is 0 Å². The number of nitrogens with one attached hydrogen (secondary N) is 2. The molecule has 0 spiro atoms. The zero-order valence-electron chi connectivity index (χ0n) is 11.4. The molecule has 0 aliphatic carbocycles. The van der Waals surface area contributed by atoms with Crippen molar-refractivity contribution in [3.63, 3.8) is 0 Å². The van der Waals surface area contributed by atoms with Crippen LogP contribution in [0.5, 0.6) is 0 Å². The van der Waals surface area contributed by atoms with Crippen molar-refractivity contribution in [2.75, 3.05) is 39.3 Å². The van der Waals surface area contributed by atoms with Crippen LogP contribution in [-0.2, 0) is 14.4 Å². The van der Waals surface area contributed by atoms with E-state index in [1.807, 2.05) is 0 Å². The smallest absolute Gasteiger partial charge is 0.245 e. The molecule has 3 aliphatic rings. The summed E-state index contributed by atoms with van der Waals surface area (Å²) in [4.78, 5) is 39.5. The zero-order chi connectivity index (χ0) is 14.1. The highest BCUT2D eigenvalue weighted by Gasteiger charge is 2.40. The first-order valence-electron chi connectivity index (χ1n) is 7.23. The number of rotatable bonds is 1. The van der Waals surface area contributed by atoms with Crippen molar-refractivity contribution < 1.29 is 14.4 Å². The normalized spacial score (nSPS) is 28.1. The third kappa shape index (κ3) is 2.37. The Morgan fingerprint density at radius 1 is 1.15 bits per heavy atom. The lowest BCUT2D eigenvalue weighted by atomic mass is 9.95. The van der Waals surface area contributed by atoms with Gasteiger partial charge in [0.15, 0.2) is 0 Å². The van der Waals surface area contributed by atoms with Crippen LogP contribution in [0, 0.1) is 5.92 Å². The fourth-order valence-electron chi connectivity index (χ4n) is 3.22. The van der Waals surface area contributed by atoms with Crippen LogP contribution >= 0.6 is 0 Å². The van der Waals surface area contributed by atoms with E-state index >= 15 is 0 Å². The number of hydrogen-bond donors (Lipinski definition) is 2. The molecule has 0 unspecified atom stereocenters. The van der Waals surface area contributed by atoms with E-state index in [2.05, 4.69) is 10.6 Å². The summed E-state index contributed by atoms with van der Waals surface area (Å²) in [5, 5.41) is 5.83. The van der Waals surface area contributed by atoms with Crippen molar-refractivity contribution >= 4 is 17.7 Å². The standard InChI is InChI=1S/C13H20N4O3/c18-11-7-15-12(19)10-8-16(5-6-17(10)11)13(20)9-1-3-14-4-2-9/h9-10,14H,1-8H2,(H,15,19)/t10-/m1/s1. The number of carbonyl (C=O) groups excluding carboxylic acids is 3. The van der Waals surface area contributed by atoms with Crippen LogP contribution in [0.1, 0.15) is 12.8 Å². The molecule has 7 heteroatoms. The molecule has 0 aromatic rings. The maximum absolute atomic E-state index is 12.5. The summed E-state index contributed by atoms with van der Waals surface area (Å²) in [6.07, 6.45) is 1.71. The minimum absolute atomic E-state index is 0.0523. The van der Waals surface area contributed by atoms with Gasteiger partial charge in [-0.2, -0.15) is 0 Å². The van der Waals surface area contributed by atoms with Gasteiger partial charge < -0.3 is 20.4 Å². The highest BCUT2D eigenvalue weighted by molar-refractivity contribution is 5.95. The summed E-state index contributed by atoms with van der Waals surface area (Å²) >= 11 is 0. The minimum atomic E-state index is -0.504. The van der Waals surface area contributed by atoms with E-state index < -0.39 is 6.04 Å². The molecule has 0 bridgehead atoms. The second-order valence-electron chi connectivity index (χ2n) is 5.63. The Morgan fingerprint density at radius 3 is 2.65 bits per heavy atom. The topological polar surface area (TPSA) is 81.8 Å². The largest absolute Gasteiger partial charge is 0.345 e. The lowest BCUT2D eigenvalue weighted by molar-refractivity contribution is -0.153. The Kier molecular flexibility index (Phi) is 3.60. The predicted molar refractivity (Wildman–Crippen MR) is 70.7 cm³/mol. The van der Waals surface area contributed by atoms with Gasteiger partial charge in [0, 0.05) is 19.0 Å². The Hall–Kier alpha value is -1.63. The fourth-order valence-corrected chi connectivity index (χ4v) is 3.22. The van der Waals surface area contributed by atoms with Gasteiger partial charge in [0.2, 0.25) is 17.7 Å². The SMILES string of the molecule is O=C1NCC(=O)N2CCN(C(=O)C3CCNCC3)C[C@H]12. The Balaban J connectivity index is 1.66. The van der Waals surface area contributed by atoms with Crippen LogP contribution in [0.25, 0.3) is 0 Å². The first-order chi connectivity index (χ1) is 9.66. The van der Waals surface area contributed by atoms with E-state index in [-0.39, 0.29) is 30.2 Å². The molecule has 0 saturated carbocycles. The van der Waals surface area contributed by atoms with Crippen molar-refractivity contribution in [1.82, 2.24) is 20.4 Å². The molecule has 2 N–H and O–H groups in total. The number of nitrogens with zero attached hydrogens (tertiary/aromatic N) is 2. The first kappa shape index (κ1) is 13.4. The summed E-state index contributed by atoms with van der Waals surface area (Å²) < 4.78 is 0. The van der Waals surface area contributed by atoms with Gasteiger partial charge in [-0.1, -0.05) is 0 Å². The van der Waals surface area contributed by atoms with Gasteiger partial charge in [-0.05, 0) is 25.9 Å². The van der Waals surface area contributed by atoms with Crippen LogP contribution < -0.4 is 10.6 Å². The lowest BCUT2D eigenvalue weighted by Gasteiger charge is -2.44. The molecule has 3 fully saturated rings. The van der Waals surface area contributed by atoms with E-state index in [1.54, 1.807) is 9.80 Å². The van der Waals surface area contributed by atoms with Crippen molar-refractivity contribution in [3.8, 4) is 0 Å². The molecule has 110 valence electrons. The third-order valence-corrected chi connectivity index (χ3v) is 4.42. The maximum atomic E-state index is 12.5. The van der Waals surface area contributed by atoms with E-state index in [0.29, 0.717) is 19.6 Å². The Morgan fingerprint density at radius 2 is 1.90 bits per heavy atom. The number of hydrogen-bond acceptors (Lipinski definition) is 4. The second kappa shape index (κ2) is 5.40. The van der Waals surface area contributed by atoms with Gasteiger partial charge in [0.1, 0.15) is 6.04 Å². The molecule has 7 nitrogen and oxygen atoms in total. The highest BCUT2D eigenvalue weighted by atomic mass is 16.2. The highest BCUT2D eigenvalue weighted by Crippen LogP contribution is 2.19. The van der Waals surface area contributed by atoms with Gasteiger partial charge in [-0.3, -0.25) is 14.4 Å². The summed E-state index contributed by atoms with van der Waals surface area (Å²) in [6.45, 7) is 3.17. The van der Waals surface area contributed by atoms with Crippen LogP contribution in [0.3, 0.4) is 0 Å². The average Bonchev–Trinajstić information content (AvgIpc) is 2.51. The molecule has 3 saturated heterocycles. The number of piperazine rings is 2. The van der Waals surface area contributed by atoms with Crippen molar-refractivity contribution in [2.24, 2.45) is 5.92 Å². The molecular formula is C13H20N4O3. The molecule has 20 heavy (non-hydrogen) atoms. The molecule has 1 atom stereocenters. The third-order valence-electron chi connectivity index (χ3n) is 4.42. The maximum Gasteiger partial charge on any atom is 0.245 e. The minimum Gasteiger partial charge on any atom is -0.345 e. The average molecular weight is 280 g/mol. The summed E-state index contributed by atoms with van der Waals surface area (Å²) in [5.41, 5.74) is 0. The van der Waals surface area contributed by atoms with E-state index in [4.69, 9.17) is 0 Å². The van der Waals surface area contributed by atoms with Crippen LogP contribution in [0.2, 0.25) is 0 Å². The van der Waals surface area contributed by atoms with Gasteiger partial charge in [-0.15, -0.1) is 0 Å². The van der Waals surface area contributed by atoms with Gasteiger partial charge in [0.05, 0.1) is 13.1 Å². The van der Waals surface area contributed by atoms with Gasteiger partial charge in [-0.25, -0.2) is 0 Å². The van der Waals surface area contributed by atoms with Crippen LogP contribution in [0.15, 0.2) is 0 Å². The number of amides is 3. The molecule has 3 rings (SSSR count). The predicted octanol–water partition coefficient (Wildman–Crippen LogP) is -1.84. The van der Waals surface area contributed by atoms with Crippen molar-refractivity contribution in [1.29, 1.82) is 0 Å².